The lowest BCUT2D eigenvalue weighted by Crippen LogP contribution is -2.71. The van der Waals surface area contributed by atoms with Gasteiger partial charge in [0.25, 0.3) is 5.91 Å². The van der Waals surface area contributed by atoms with Crippen LogP contribution in [0, 0.1) is 0 Å². The number of β-lactam (4-membered cyclic amide) rings is 1. The minimum atomic E-state index is -0.925. The molecule has 0 aromatic carbocycles. The van der Waals surface area contributed by atoms with E-state index < -0.39 is 46.1 Å². The average molecular weight is 671 g/mol. The molecule has 0 bridgehead atoms. The van der Waals surface area contributed by atoms with E-state index in [9.17, 15) is 24.0 Å². The first kappa shape index (κ1) is 32.2. The number of ether oxygens (including phenoxy) is 3. The number of likely N-dealkylation sites (N-methyl/N-ethyl adjacent to an activating group) is 1. The number of carbonyl (C=O) groups excluding carboxylic acids is 5. The Morgan fingerprint density at radius 1 is 1.14 bits per heavy atom. The molecule has 4 heterocycles. The van der Waals surface area contributed by atoms with E-state index in [1.165, 1.54) is 28.0 Å². The van der Waals surface area contributed by atoms with E-state index in [1.807, 2.05) is 24.6 Å². The summed E-state index contributed by atoms with van der Waals surface area (Å²) in [5.74, 6) is -1.30. The van der Waals surface area contributed by atoms with Crippen LogP contribution >= 0.6 is 47.5 Å². The van der Waals surface area contributed by atoms with Gasteiger partial charge in [0.2, 0.25) is 17.1 Å². The van der Waals surface area contributed by atoms with Crippen molar-refractivity contribution in [3.63, 3.8) is 0 Å². The summed E-state index contributed by atoms with van der Waals surface area (Å²) in [6.45, 7) is 2.11. The third-order valence-corrected chi connectivity index (χ3v) is 11.2. The van der Waals surface area contributed by atoms with Gasteiger partial charge in [-0.05, 0) is 49.8 Å². The third kappa shape index (κ3) is 7.89. The van der Waals surface area contributed by atoms with Crippen LogP contribution in [0.4, 0.5) is 9.59 Å². The zero-order valence-corrected chi connectivity index (χ0v) is 26.9. The highest BCUT2D eigenvalue weighted by molar-refractivity contribution is 8.32. The van der Waals surface area contributed by atoms with Crippen molar-refractivity contribution < 1.29 is 38.2 Å². The van der Waals surface area contributed by atoms with Crippen LogP contribution in [-0.2, 0) is 35.0 Å². The fourth-order valence-electron chi connectivity index (χ4n) is 5.51. The topological polar surface area (TPSA) is 135 Å². The number of rotatable bonds is 10. The molecular weight excluding hydrogens is 637 g/mol. The van der Waals surface area contributed by atoms with E-state index >= 15 is 0 Å². The van der Waals surface area contributed by atoms with Crippen LogP contribution in [0.3, 0.4) is 0 Å². The van der Waals surface area contributed by atoms with Gasteiger partial charge < -0.3 is 24.4 Å². The highest BCUT2D eigenvalue weighted by Gasteiger charge is 2.55. The van der Waals surface area contributed by atoms with Gasteiger partial charge in [-0.3, -0.25) is 24.2 Å². The number of piperazine rings is 1. The molecule has 3 aliphatic heterocycles. The van der Waals surface area contributed by atoms with Crippen molar-refractivity contribution in [2.75, 3.05) is 45.8 Å². The maximum absolute atomic E-state index is 13.6. The Kier molecular flexibility index (Phi) is 11.0. The number of esters is 1. The molecule has 1 saturated carbocycles. The maximum Gasteiger partial charge on any atom is 0.511 e. The van der Waals surface area contributed by atoms with Crippen molar-refractivity contribution in [2.45, 2.75) is 55.0 Å². The van der Waals surface area contributed by atoms with Gasteiger partial charge in [-0.15, -0.1) is 23.1 Å². The Labute approximate surface area is 267 Å². The summed E-state index contributed by atoms with van der Waals surface area (Å²) >= 11 is 7.83. The van der Waals surface area contributed by atoms with Gasteiger partial charge in [-0.2, -0.15) is 0 Å². The van der Waals surface area contributed by atoms with Crippen molar-refractivity contribution in [1.29, 1.82) is 0 Å². The predicted octanol–water partition coefficient (Wildman–Crippen LogP) is 2.90. The fourth-order valence-corrected chi connectivity index (χ4v) is 8.89. The Hall–Kier alpha value is -2.24. The molecule has 1 aromatic heterocycles. The van der Waals surface area contributed by atoms with Gasteiger partial charge >= 0.3 is 12.1 Å². The summed E-state index contributed by atoms with van der Waals surface area (Å²) in [4.78, 5) is 70.6. The second-order valence-corrected chi connectivity index (χ2v) is 14.5. The van der Waals surface area contributed by atoms with E-state index in [1.54, 1.807) is 0 Å². The molecule has 234 valence electrons. The van der Waals surface area contributed by atoms with Crippen LogP contribution in [0.25, 0.3) is 0 Å². The van der Waals surface area contributed by atoms with Gasteiger partial charge in [0.1, 0.15) is 23.2 Å². The van der Waals surface area contributed by atoms with Crippen LogP contribution < -0.4 is 5.32 Å². The number of nitrogens with zero attached hydrogens (tertiary/aromatic N) is 3. The minimum Gasteiger partial charge on any atom is -0.431 e. The Balaban J connectivity index is 1.33. The Bertz CT molecular complexity index is 1250. The van der Waals surface area contributed by atoms with Gasteiger partial charge in [-0.1, -0.05) is 30.5 Å². The van der Waals surface area contributed by atoms with Crippen LogP contribution in [0.15, 0.2) is 28.8 Å². The molecule has 1 aromatic rings. The summed E-state index contributed by atoms with van der Waals surface area (Å²) in [5.41, 5.74) is 0.532. The number of amides is 2. The molecule has 2 unspecified atom stereocenters. The zero-order valence-electron chi connectivity index (χ0n) is 23.6. The molecule has 4 aliphatic rings. The number of carbonyl (C=O) groups is 5. The molecule has 1 aliphatic carbocycles. The highest BCUT2D eigenvalue weighted by Crippen LogP contribution is 2.44. The second-order valence-electron chi connectivity index (χ2n) is 10.6. The van der Waals surface area contributed by atoms with Crippen LogP contribution in [0.5, 0.6) is 0 Å². The molecule has 16 heteroatoms. The predicted molar refractivity (Wildman–Crippen MR) is 166 cm³/mol. The van der Waals surface area contributed by atoms with Gasteiger partial charge in [0.05, 0.1) is 11.8 Å². The van der Waals surface area contributed by atoms with Crippen molar-refractivity contribution in [2.24, 2.45) is 0 Å². The minimum absolute atomic E-state index is 0.00345. The maximum atomic E-state index is 13.6. The summed E-state index contributed by atoms with van der Waals surface area (Å²) in [6.07, 6.45) is 2.50. The second kappa shape index (κ2) is 14.7. The normalized spacial score (nSPS) is 23.8. The lowest BCUT2D eigenvalue weighted by Gasteiger charge is -2.51. The van der Waals surface area contributed by atoms with E-state index in [4.69, 9.17) is 14.2 Å². The van der Waals surface area contributed by atoms with Crippen LogP contribution in [-0.4, -0.2) is 112 Å². The number of thiophene rings is 1. The number of hydrogen-bond donors (Lipinski definition) is 2. The van der Waals surface area contributed by atoms with E-state index in [-0.39, 0.29) is 24.1 Å². The molecule has 1 N–H and O–H groups in total. The van der Waals surface area contributed by atoms with Gasteiger partial charge in [0, 0.05) is 36.8 Å². The first-order chi connectivity index (χ1) is 20.7. The molecule has 2 saturated heterocycles. The monoisotopic (exact) mass is 670 g/mol. The molecule has 3 atom stereocenters. The van der Waals surface area contributed by atoms with E-state index in [2.05, 4.69) is 27.7 Å². The smallest absolute Gasteiger partial charge is 0.431 e. The summed E-state index contributed by atoms with van der Waals surface area (Å²) in [5, 5.41) is 3.58. The molecule has 0 radical (unpaired) electrons. The summed E-state index contributed by atoms with van der Waals surface area (Å²) in [6, 6.07) is 2.88. The number of fused-ring (bicyclic) bond motifs is 1. The lowest BCUT2D eigenvalue weighted by molar-refractivity contribution is -0.158. The number of thiol groups is 1. The first-order valence-corrected chi connectivity index (χ1v) is 17.3. The number of nitrogens with one attached hydrogen (secondary N) is 1. The SMILES string of the molecule is CN1CCN(C(SC(=O)S)C2=C(C(=O)OCOC(=O)OC3CCCC3)N3C(=O)C(NC(=O)Cc4cccs4)[C@H]3SC2)CC1. The molecule has 43 heavy (non-hydrogen) atoms. The van der Waals surface area contributed by atoms with Crippen molar-refractivity contribution >= 4 is 75.9 Å². The Morgan fingerprint density at radius 2 is 1.88 bits per heavy atom. The van der Waals surface area contributed by atoms with Crippen LogP contribution in [0.1, 0.15) is 30.6 Å². The van der Waals surface area contributed by atoms with E-state index in [0.717, 1.165) is 55.4 Å². The van der Waals surface area contributed by atoms with Crippen LogP contribution in [0.2, 0.25) is 0 Å². The quantitative estimate of drug-likeness (QED) is 0.164. The summed E-state index contributed by atoms with van der Waals surface area (Å²) in [7, 11) is 2.01. The first-order valence-electron chi connectivity index (χ1n) is 14.0. The highest BCUT2D eigenvalue weighted by atomic mass is 32.2. The molecule has 2 amide bonds. The molecule has 0 spiro atoms. The fraction of sp³-hybridized carbons (Fsp3) is 0.593. The van der Waals surface area contributed by atoms with Crippen molar-refractivity contribution in [1.82, 2.24) is 20.0 Å². The molecule has 12 nitrogen and oxygen atoms in total. The standard InChI is InChI=1S/C27H34N4O8S4/c1-29-8-10-30(11-9-29)23(43-27(36)40)18-14-42-24-20(28-19(32)13-17-7-4-12-41-17)22(33)31(24)21(18)25(34)37-15-38-26(35)39-16-5-2-3-6-16/h4,7,12,16,20,23-24H,2-3,5-6,8-11,13-15H2,1H3,(H,28,32)(H,36,40)/t20?,23?,24-/m1/s1. The van der Waals surface area contributed by atoms with Crippen molar-refractivity contribution in [3.8, 4) is 0 Å². The zero-order chi connectivity index (χ0) is 30.5. The summed E-state index contributed by atoms with van der Waals surface area (Å²) < 4.78 is 15.2. The number of hydrogen-bond acceptors (Lipinski definition) is 13. The van der Waals surface area contributed by atoms with Gasteiger partial charge in [0.15, 0.2) is 0 Å². The number of thioether (sulfide) groups is 2. The molecule has 3 fully saturated rings. The van der Waals surface area contributed by atoms with Gasteiger partial charge in [-0.25, -0.2) is 9.59 Å². The largest absolute Gasteiger partial charge is 0.511 e. The lowest BCUT2D eigenvalue weighted by atomic mass is 10.0. The molecular formula is C27H34N4O8S4. The van der Waals surface area contributed by atoms with Crippen molar-refractivity contribution in [3.05, 3.63) is 33.7 Å². The average Bonchev–Trinajstić information content (AvgIpc) is 3.69. The molecule has 5 rings (SSSR count). The third-order valence-electron chi connectivity index (χ3n) is 7.73. The Morgan fingerprint density at radius 3 is 2.56 bits per heavy atom. The van der Waals surface area contributed by atoms with E-state index in [0.29, 0.717) is 24.4 Å².